The predicted octanol–water partition coefficient (Wildman–Crippen LogP) is 2.69. The number of benzene rings is 1. The van der Waals surface area contributed by atoms with Crippen LogP contribution in [0.15, 0.2) is 16.6 Å². The molecule has 2 rings (SSSR count). The maximum Gasteiger partial charge on any atom is 0.253 e. The van der Waals surface area contributed by atoms with Gasteiger partial charge in [0.2, 0.25) is 0 Å². The van der Waals surface area contributed by atoms with E-state index in [-0.39, 0.29) is 17.0 Å². The summed E-state index contributed by atoms with van der Waals surface area (Å²) in [5.74, 6) is -0.777. The normalized spacial score (nSPS) is 22.5. The van der Waals surface area contributed by atoms with E-state index < -0.39 is 11.9 Å². The molecule has 0 spiro atoms. The Morgan fingerprint density at radius 1 is 1.58 bits per heavy atom. The number of anilines is 1. The van der Waals surface area contributed by atoms with Crippen LogP contribution in [0.2, 0.25) is 5.02 Å². The van der Waals surface area contributed by atoms with Gasteiger partial charge in [-0.05, 0) is 40.9 Å². The van der Waals surface area contributed by atoms with E-state index in [9.17, 15) is 9.18 Å². The predicted molar refractivity (Wildman–Crippen MR) is 74.7 cm³/mol. The maximum atomic E-state index is 13.1. The third kappa shape index (κ3) is 3.45. The Balaban J connectivity index is 2.08. The van der Waals surface area contributed by atoms with Gasteiger partial charge >= 0.3 is 0 Å². The van der Waals surface area contributed by atoms with Crippen LogP contribution in [0, 0.1) is 5.82 Å². The molecule has 1 aromatic rings. The lowest BCUT2D eigenvalue weighted by molar-refractivity contribution is -0.126. The fourth-order valence-electron chi connectivity index (χ4n) is 1.94. The summed E-state index contributed by atoms with van der Waals surface area (Å²) in [7, 11) is 0. The number of halogens is 3. The topological polar surface area (TPSA) is 64.4 Å². The molecule has 7 heteroatoms. The van der Waals surface area contributed by atoms with Gasteiger partial charge in [0, 0.05) is 11.0 Å². The molecule has 1 heterocycles. The first kappa shape index (κ1) is 14.7. The molecule has 2 atom stereocenters. The second-order valence-corrected chi connectivity index (χ2v) is 5.56. The van der Waals surface area contributed by atoms with E-state index in [4.69, 9.17) is 22.1 Å². The Morgan fingerprint density at radius 2 is 2.32 bits per heavy atom. The van der Waals surface area contributed by atoms with Crippen LogP contribution in [0.3, 0.4) is 0 Å². The summed E-state index contributed by atoms with van der Waals surface area (Å²) in [6, 6.07) is 2.37. The van der Waals surface area contributed by atoms with Crippen LogP contribution in [0.25, 0.3) is 0 Å². The van der Waals surface area contributed by atoms with Crippen molar-refractivity contribution in [3.05, 3.63) is 27.4 Å². The highest BCUT2D eigenvalue weighted by Crippen LogP contribution is 2.32. The van der Waals surface area contributed by atoms with Crippen LogP contribution in [-0.2, 0) is 9.53 Å². The van der Waals surface area contributed by atoms with Crippen LogP contribution in [0.1, 0.15) is 12.8 Å². The molecular formula is C12H13BrClFN2O2. The minimum atomic E-state index is -0.540. The van der Waals surface area contributed by atoms with Crippen molar-refractivity contribution in [2.45, 2.75) is 25.0 Å². The summed E-state index contributed by atoms with van der Waals surface area (Å²) >= 11 is 9.06. The number of rotatable bonds is 3. The van der Waals surface area contributed by atoms with Gasteiger partial charge in [-0.1, -0.05) is 11.6 Å². The zero-order valence-electron chi connectivity index (χ0n) is 9.96. The van der Waals surface area contributed by atoms with E-state index in [1.165, 1.54) is 6.07 Å². The van der Waals surface area contributed by atoms with Gasteiger partial charge in [-0.3, -0.25) is 4.79 Å². The molecule has 104 valence electrons. The van der Waals surface area contributed by atoms with Gasteiger partial charge in [-0.25, -0.2) is 4.39 Å². The molecule has 0 saturated carbocycles. The summed E-state index contributed by atoms with van der Waals surface area (Å²) < 4.78 is 18.9. The largest absolute Gasteiger partial charge is 0.364 e. The molecular weight excluding hydrogens is 338 g/mol. The number of ether oxygens (including phenoxy) is 1. The van der Waals surface area contributed by atoms with Crippen molar-refractivity contribution in [1.29, 1.82) is 0 Å². The van der Waals surface area contributed by atoms with E-state index >= 15 is 0 Å². The monoisotopic (exact) mass is 350 g/mol. The number of hydrogen-bond acceptors (Lipinski definition) is 3. The van der Waals surface area contributed by atoms with Gasteiger partial charge in [0.15, 0.2) is 0 Å². The third-order valence-corrected chi connectivity index (χ3v) is 3.84. The van der Waals surface area contributed by atoms with Crippen molar-refractivity contribution in [1.82, 2.24) is 0 Å². The lowest BCUT2D eigenvalue weighted by atomic mass is 10.2. The van der Waals surface area contributed by atoms with Crippen LogP contribution >= 0.6 is 27.5 Å². The SMILES string of the molecule is NCC1CCC(C(=O)Nc2c(Cl)cc(F)cc2Br)O1. The van der Waals surface area contributed by atoms with Crippen LogP contribution in [0.5, 0.6) is 0 Å². The number of nitrogens with one attached hydrogen (secondary N) is 1. The Bertz CT molecular complexity index is 478. The van der Waals surface area contributed by atoms with Crippen LogP contribution in [0.4, 0.5) is 10.1 Å². The zero-order valence-corrected chi connectivity index (χ0v) is 12.3. The molecule has 0 aliphatic carbocycles. The highest BCUT2D eigenvalue weighted by atomic mass is 79.9. The molecule has 1 aliphatic rings. The summed E-state index contributed by atoms with van der Waals surface area (Å²) in [6.07, 6.45) is 0.751. The van der Waals surface area contributed by atoms with Crippen molar-refractivity contribution >= 4 is 39.1 Å². The standard InChI is InChI=1S/C12H13BrClFN2O2/c13-8-3-6(15)4-9(14)11(8)17-12(18)10-2-1-7(5-16)19-10/h3-4,7,10H,1-2,5,16H2,(H,17,18). The number of nitrogens with two attached hydrogens (primary N) is 1. The molecule has 1 fully saturated rings. The van der Waals surface area contributed by atoms with Crippen molar-refractivity contribution < 1.29 is 13.9 Å². The second kappa shape index (κ2) is 6.17. The Hall–Kier alpha value is -0.690. The van der Waals surface area contributed by atoms with Crippen molar-refractivity contribution in [2.75, 3.05) is 11.9 Å². The highest BCUT2D eigenvalue weighted by molar-refractivity contribution is 9.10. The minimum Gasteiger partial charge on any atom is -0.364 e. The Morgan fingerprint density at radius 3 is 2.89 bits per heavy atom. The smallest absolute Gasteiger partial charge is 0.253 e. The van der Waals surface area contributed by atoms with E-state index in [2.05, 4.69) is 21.2 Å². The first-order chi connectivity index (χ1) is 9.01. The average molecular weight is 352 g/mol. The summed E-state index contributed by atoms with van der Waals surface area (Å²) in [5.41, 5.74) is 5.83. The minimum absolute atomic E-state index is 0.0807. The molecule has 1 amide bonds. The molecule has 0 aromatic heterocycles. The van der Waals surface area contributed by atoms with E-state index in [0.717, 1.165) is 12.5 Å². The zero-order chi connectivity index (χ0) is 14.0. The molecule has 19 heavy (non-hydrogen) atoms. The lowest BCUT2D eigenvalue weighted by Gasteiger charge is -2.14. The fourth-order valence-corrected chi connectivity index (χ4v) is 2.84. The lowest BCUT2D eigenvalue weighted by Crippen LogP contribution is -2.30. The molecule has 4 nitrogen and oxygen atoms in total. The summed E-state index contributed by atoms with van der Waals surface area (Å²) in [6.45, 7) is 0.394. The summed E-state index contributed by atoms with van der Waals surface area (Å²) in [4.78, 5) is 12.0. The molecule has 3 N–H and O–H groups in total. The molecule has 1 saturated heterocycles. The van der Waals surface area contributed by atoms with Crippen molar-refractivity contribution in [3.8, 4) is 0 Å². The number of hydrogen-bond donors (Lipinski definition) is 2. The first-order valence-electron chi connectivity index (χ1n) is 5.82. The fraction of sp³-hybridized carbons (Fsp3) is 0.417. The van der Waals surface area contributed by atoms with Crippen molar-refractivity contribution in [3.63, 3.8) is 0 Å². The van der Waals surface area contributed by atoms with Crippen molar-refractivity contribution in [2.24, 2.45) is 5.73 Å². The maximum absolute atomic E-state index is 13.1. The number of amides is 1. The van der Waals surface area contributed by atoms with Gasteiger partial charge < -0.3 is 15.8 Å². The number of carbonyl (C=O) groups is 1. The number of carbonyl (C=O) groups excluding carboxylic acids is 1. The Kier molecular flexibility index (Phi) is 4.78. The third-order valence-electron chi connectivity index (χ3n) is 2.92. The Labute approximate surface area is 123 Å². The van der Waals surface area contributed by atoms with Gasteiger partial charge in [0.05, 0.1) is 16.8 Å². The average Bonchev–Trinajstić information content (AvgIpc) is 2.82. The molecule has 0 radical (unpaired) electrons. The van der Waals surface area contributed by atoms with Gasteiger partial charge in [-0.2, -0.15) is 0 Å². The van der Waals surface area contributed by atoms with Gasteiger partial charge in [-0.15, -0.1) is 0 Å². The molecule has 1 aliphatic heterocycles. The van der Waals surface area contributed by atoms with E-state index in [0.29, 0.717) is 23.1 Å². The second-order valence-electron chi connectivity index (χ2n) is 4.29. The highest BCUT2D eigenvalue weighted by Gasteiger charge is 2.30. The van der Waals surface area contributed by atoms with Crippen LogP contribution in [-0.4, -0.2) is 24.7 Å². The first-order valence-corrected chi connectivity index (χ1v) is 6.99. The van der Waals surface area contributed by atoms with E-state index in [1.54, 1.807) is 0 Å². The van der Waals surface area contributed by atoms with Gasteiger partial charge in [0.1, 0.15) is 11.9 Å². The summed E-state index contributed by atoms with van der Waals surface area (Å²) in [5, 5.41) is 2.78. The molecule has 2 unspecified atom stereocenters. The molecule has 1 aromatic carbocycles. The van der Waals surface area contributed by atoms with Crippen LogP contribution < -0.4 is 11.1 Å². The van der Waals surface area contributed by atoms with Gasteiger partial charge in [0.25, 0.3) is 5.91 Å². The molecule has 0 bridgehead atoms. The van der Waals surface area contributed by atoms with E-state index in [1.807, 2.05) is 0 Å². The quantitative estimate of drug-likeness (QED) is 0.880.